The summed E-state index contributed by atoms with van der Waals surface area (Å²) in [5, 5.41) is 9.61. The molecule has 0 radical (unpaired) electrons. The van der Waals surface area contributed by atoms with Crippen LogP contribution in [0.2, 0.25) is 5.28 Å². The van der Waals surface area contributed by atoms with Gasteiger partial charge in [-0.05, 0) is 80.7 Å². The number of likely N-dealkylation sites (N-methyl/N-ethyl adjacent to an activating group) is 2. The molecule has 4 heterocycles. The largest absolute Gasteiger partial charge is 0.346 e. The van der Waals surface area contributed by atoms with Gasteiger partial charge in [0.25, 0.3) is 22.9 Å². The summed E-state index contributed by atoms with van der Waals surface area (Å²) in [5.41, 5.74) is 9.80. The number of carbonyl (C=O) groups excluding carboxylic acids is 2. The Labute approximate surface area is 391 Å². The van der Waals surface area contributed by atoms with Crippen LogP contribution in [0.4, 0.5) is 5.95 Å². The Hall–Kier alpha value is -7.34. The molecule has 8 rings (SSSR count). The van der Waals surface area contributed by atoms with E-state index in [2.05, 4.69) is 25.1 Å². The Morgan fingerprint density at radius 2 is 1.05 bits per heavy atom. The van der Waals surface area contributed by atoms with Crippen LogP contribution in [0, 0.1) is 0 Å². The number of nitrogens with zero attached hydrogens (tertiary/aromatic N) is 8. The molecule has 4 aromatic heterocycles. The molecule has 0 spiro atoms. The van der Waals surface area contributed by atoms with Gasteiger partial charge >= 0.3 is 0 Å². The van der Waals surface area contributed by atoms with Gasteiger partial charge in [0.1, 0.15) is 0 Å². The van der Waals surface area contributed by atoms with Crippen molar-refractivity contribution in [3.8, 4) is 44.8 Å². The van der Waals surface area contributed by atoms with Crippen molar-refractivity contribution < 1.29 is 19.3 Å². The number of rotatable bonds is 10. The highest BCUT2D eigenvalue weighted by Gasteiger charge is 2.20. The minimum Gasteiger partial charge on any atom is -0.346 e. The zero-order valence-electron chi connectivity index (χ0n) is 37.0. The molecular formula is C48H48Cl2N10O6. The number of halogens is 2. The van der Waals surface area contributed by atoms with Crippen LogP contribution in [0.25, 0.3) is 66.3 Å². The molecular weight excluding hydrogens is 883 g/mol. The summed E-state index contributed by atoms with van der Waals surface area (Å²) < 4.78 is 2.77. The molecule has 0 fully saturated rings. The van der Waals surface area contributed by atoms with Crippen molar-refractivity contribution in [2.75, 3.05) is 46.7 Å². The molecule has 0 unspecified atom stereocenters. The van der Waals surface area contributed by atoms with E-state index in [-0.39, 0.29) is 59.7 Å². The molecule has 8 aromatic rings. The van der Waals surface area contributed by atoms with Gasteiger partial charge in [0, 0.05) is 64.1 Å². The lowest BCUT2D eigenvalue weighted by atomic mass is 9.98. The Kier molecular flexibility index (Phi) is 17.3. The average molecular weight is 932 g/mol. The van der Waals surface area contributed by atoms with Crippen molar-refractivity contribution in [2.45, 2.75) is 0 Å². The SMILES string of the molecule is CON(C)C(=O)CN.CON(C)C(=O)CNc1nc(-c2ccncc2)c(-c2ccc3ccccc3c2)c(=O)n1C.Cl.Cn1c(Cl)nc(-c2ccncc2)c(-c2ccc3ccccc3c2)c1=O. The molecule has 2 amide bonds. The van der Waals surface area contributed by atoms with E-state index in [0.717, 1.165) is 53.9 Å². The van der Waals surface area contributed by atoms with Gasteiger partial charge in [-0.2, -0.15) is 0 Å². The fourth-order valence-electron chi connectivity index (χ4n) is 6.58. The van der Waals surface area contributed by atoms with Gasteiger partial charge in [-0.1, -0.05) is 72.8 Å². The Balaban J connectivity index is 0.000000214. The number of pyridine rings is 2. The standard InChI is InChI=1S/C24H23N5O3.C20H14ClN3O.C4H10N2O2.ClH/c1-28-23(31)21(19-9-8-16-6-4-5-7-18(16)14-19)22(17-10-12-25-13-11-17)27-24(28)26-15-20(30)29(2)32-3;1-24-19(25)17(16-7-6-13-4-2-3-5-15(13)12-16)18(23-20(24)21)14-8-10-22-11-9-14;1-6(8-2)4(7)3-5;/h4-14H,15H2,1-3H3,(H,26,27);2-12H,1H3;3,5H2,1-2H3;1H. The number of benzene rings is 4. The summed E-state index contributed by atoms with van der Waals surface area (Å²) in [6.45, 7) is -0.0833. The second-order valence-corrected chi connectivity index (χ2v) is 14.6. The molecule has 0 aliphatic rings. The first-order valence-corrected chi connectivity index (χ1v) is 20.5. The fraction of sp³-hybridized carbons (Fsp3) is 0.167. The third-order valence-electron chi connectivity index (χ3n) is 10.3. The van der Waals surface area contributed by atoms with E-state index in [0.29, 0.717) is 22.5 Å². The van der Waals surface area contributed by atoms with E-state index in [4.69, 9.17) is 27.2 Å². The minimum atomic E-state index is -0.300. The van der Waals surface area contributed by atoms with Gasteiger partial charge in [0.15, 0.2) is 0 Å². The Morgan fingerprint density at radius 3 is 1.48 bits per heavy atom. The zero-order chi connectivity index (χ0) is 46.6. The van der Waals surface area contributed by atoms with E-state index in [1.807, 2.05) is 97.1 Å². The smallest absolute Gasteiger partial charge is 0.265 e. The fourth-order valence-corrected chi connectivity index (χ4v) is 6.74. The number of hydroxylamine groups is 4. The lowest BCUT2D eigenvalue weighted by Crippen LogP contribution is -2.33. The van der Waals surface area contributed by atoms with Crippen LogP contribution < -0.4 is 22.2 Å². The summed E-state index contributed by atoms with van der Waals surface area (Å²) in [6, 6.07) is 35.1. The van der Waals surface area contributed by atoms with E-state index in [1.54, 1.807) is 51.0 Å². The van der Waals surface area contributed by atoms with Gasteiger partial charge in [-0.15, -0.1) is 12.4 Å². The predicted molar refractivity (Wildman–Crippen MR) is 261 cm³/mol. The highest BCUT2D eigenvalue weighted by molar-refractivity contribution is 6.28. The van der Waals surface area contributed by atoms with Crippen LogP contribution in [0.5, 0.6) is 0 Å². The van der Waals surface area contributed by atoms with Crippen molar-refractivity contribution in [1.29, 1.82) is 0 Å². The number of hydrogen-bond donors (Lipinski definition) is 2. The predicted octanol–water partition coefficient (Wildman–Crippen LogP) is 6.80. The molecule has 16 nitrogen and oxygen atoms in total. The summed E-state index contributed by atoms with van der Waals surface area (Å²) in [7, 11) is 9.10. The lowest BCUT2D eigenvalue weighted by Gasteiger charge is -2.18. The number of hydrogen-bond acceptors (Lipinski definition) is 12. The minimum absolute atomic E-state index is 0. The van der Waals surface area contributed by atoms with Gasteiger partial charge in [0.2, 0.25) is 11.2 Å². The van der Waals surface area contributed by atoms with Crippen LogP contribution in [0.1, 0.15) is 0 Å². The first kappa shape index (κ1) is 49.7. The number of fused-ring (bicyclic) bond motifs is 2. The quantitative estimate of drug-likeness (QED) is 0.108. The van der Waals surface area contributed by atoms with Crippen molar-refractivity contribution in [3.05, 3.63) is 160 Å². The van der Waals surface area contributed by atoms with E-state index < -0.39 is 0 Å². The van der Waals surface area contributed by atoms with Gasteiger partial charge < -0.3 is 11.1 Å². The van der Waals surface area contributed by atoms with Crippen molar-refractivity contribution in [3.63, 3.8) is 0 Å². The monoisotopic (exact) mass is 930 g/mol. The van der Waals surface area contributed by atoms with E-state index in [1.165, 1.54) is 37.4 Å². The zero-order valence-corrected chi connectivity index (χ0v) is 38.6. The maximum atomic E-state index is 13.5. The maximum absolute atomic E-state index is 13.5. The van der Waals surface area contributed by atoms with Crippen LogP contribution in [0.3, 0.4) is 0 Å². The molecule has 340 valence electrons. The number of amides is 2. The number of aromatic nitrogens is 6. The Morgan fingerprint density at radius 1 is 0.621 bits per heavy atom. The van der Waals surface area contributed by atoms with Crippen LogP contribution in [0.15, 0.2) is 144 Å². The topological polar surface area (TPSA) is 193 Å². The van der Waals surface area contributed by atoms with Crippen molar-refractivity contribution in [1.82, 2.24) is 39.2 Å². The molecule has 18 heteroatoms. The molecule has 4 aromatic carbocycles. The van der Waals surface area contributed by atoms with Crippen LogP contribution in [-0.4, -0.2) is 92.4 Å². The highest BCUT2D eigenvalue weighted by Crippen LogP contribution is 2.32. The molecule has 0 atom stereocenters. The second-order valence-electron chi connectivity index (χ2n) is 14.3. The lowest BCUT2D eigenvalue weighted by molar-refractivity contribution is -0.167. The molecule has 0 saturated heterocycles. The normalized spacial score (nSPS) is 10.5. The summed E-state index contributed by atoms with van der Waals surface area (Å²) in [6.07, 6.45) is 6.66. The van der Waals surface area contributed by atoms with Crippen LogP contribution in [-0.2, 0) is 33.4 Å². The maximum Gasteiger partial charge on any atom is 0.265 e. The van der Waals surface area contributed by atoms with Gasteiger partial charge in [0.05, 0.1) is 49.8 Å². The molecule has 3 N–H and O–H groups in total. The molecule has 0 aliphatic heterocycles. The summed E-state index contributed by atoms with van der Waals surface area (Å²) >= 11 is 6.16. The number of carbonyl (C=O) groups is 2. The molecule has 0 saturated carbocycles. The van der Waals surface area contributed by atoms with E-state index >= 15 is 0 Å². The average Bonchev–Trinajstić information content (AvgIpc) is 3.35. The second kappa shape index (κ2) is 23.0. The van der Waals surface area contributed by atoms with Gasteiger partial charge in [-0.25, -0.2) is 20.1 Å². The molecule has 0 bridgehead atoms. The third kappa shape index (κ3) is 11.5. The third-order valence-corrected chi connectivity index (χ3v) is 10.7. The van der Waals surface area contributed by atoms with Gasteiger partial charge in [-0.3, -0.25) is 48.0 Å². The summed E-state index contributed by atoms with van der Waals surface area (Å²) in [4.78, 5) is 75.7. The number of anilines is 1. The number of nitrogens with one attached hydrogen (secondary N) is 1. The highest BCUT2D eigenvalue weighted by atomic mass is 35.5. The molecule has 0 aliphatic carbocycles. The summed E-state index contributed by atoms with van der Waals surface area (Å²) in [5.74, 6) is -0.248. The van der Waals surface area contributed by atoms with Crippen LogP contribution >= 0.6 is 24.0 Å². The first-order chi connectivity index (χ1) is 31.4. The van der Waals surface area contributed by atoms with E-state index in [9.17, 15) is 19.2 Å². The van der Waals surface area contributed by atoms with Crippen molar-refractivity contribution in [2.24, 2.45) is 19.8 Å². The molecule has 66 heavy (non-hydrogen) atoms. The first-order valence-electron chi connectivity index (χ1n) is 20.1. The Bertz CT molecular complexity index is 3080. The van der Waals surface area contributed by atoms with Crippen molar-refractivity contribution >= 4 is 63.3 Å². The number of nitrogens with two attached hydrogens (primary N) is 1.